The monoisotopic (exact) mass is 421 g/mol. The van der Waals surface area contributed by atoms with Gasteiger partial charge in [-0.25, -0.2) is 0 Å². The number of rotatable bonds is 7. The first-order valence-corrected chi connectivity index (χ1v) is 9.73. The fourth-order valence-corrected chi connectivity index (χ4v) is 3.54. The maximum Gasteiger partial charge on any atom is 0.142 e. The molecule has 0 aromatic heterocycles. The van der Waals surface area contributed by atoms with Gasteiger partial charge in [-0.2, -0.15) is 0 Å². The van der Waals surface area contributed by atoms with E-state index in [1.807, 2.05) is 42.5 Å². The summed E-state index contributed by atoms with van der Waals surface area (Å²) in [6.45, 7) is 4.92. The molecule has 0 saturated carbocycles. The summed E-state index contributed by atoms with van der Waals surface area (Å²) < 4.78 is 12.2. The van der Waals surface area contributed by atoms with Crippen molar-refractivity contribution in [3.05, 3.63) is 53.0 Å². The molecule has 0 bridgehead atoms. The Morgan fingerprint density at radius 2 is 1.81 bits per heavy atom. The Kier molecular flexibility index (Phi) is 6.77. The van der Waals surface area contributed by atoms with E-state index >= 15 is 0 Å². The molecule has 1 atom stereocenters. The Bertz CT molecular complexity index is 688. The Balaban J connectivity index is 1.44. The molecule has 1 aliphatic rings. The summed E-state index contributed by atoms with van der Waals surface area (Å²) in [6, 6.07) is 15.8. The van der Waals surface area contributed by atoms with Gasteiger partial charge >= 0.3 is 0 Å². The highest BCUT2D eigenvalue weighted by atomic mass is 79.9. The summed E-state index contributed by atoms with van der Waals surface area (Å²) in [7, 11) is 1.71. The molecule has 2 aromatic rings. The van der Waals surface area contributed by atoms with Gasteiger partial charge < -0.3 is 24.4 Å². The average molecular weight is 422 g/mol. The molecular formula is C20H26BrN2O3+. The zero-order valence-corrected chi connectivity index (χ0v) is 16.6. The fraction of sp³-hybridized carbons (Fsp3) is 0.400. The highest BCUT2D eigenvalue weighted by Gasteiger charge is 2.24. The number of nitrogens with one attached hydrogen (secondary N) is 1. The minimum absolute atomic E-state index is 0.321. The van der Waals surface area contributed by atoms with Gasteiger partial charge in [0.25, 0.3) is 0 Å². The number of methoxy groups -OCH3 is 1. The van der Waals surface area contributed by atoms with E-state index in [2.05, 4.69) is 26.9 Å². The summed E-state index contributed by atoms with van der Waals surface area (Å²) in [6.07, 6.45) is -0.466. The first-order valence-electron chi connectivity index (χ1n) is 8.93. The summed E-state index contributed by atoms with van der Waals surface area (Å²) in [5.74, 6) is 1.70. The number of piperazine rings is 1. The number of anilines is 1. The van der Waals surface area contributed by atoms with Gasteiger partial charge in [-0.15, -0.1) is 0 Å². The number of ether oxygens (including phenoxy) is 2. The number of aliphatic hydroxyl groups excluding tert-OH is 1. The van der Waals surface area contributed by atoms with Crippen LogP contribution in [0.5, 0.6) is 11.5 Å². The van der Waals surface area contributed by atoms with Crippen molar-refractivity contribution in [2.24, 2.45) is 0 Å². The van der Waals surface area contributed by atoms with Crippen molar-refractivity contribution in [1.29, 1.82) is 0 Å². The van der Waals surface area contributed by atoms with Gasteiger partial charge in [-0.3, -0.25) is 0 Å². The van der Waals surface area contributed by atoms with Crippen LogP contribution in [0.3, 0.4) is 0 Å². The van der Waals surface area contributed by atoms with E-state index in [9.17, 15) is 5.11 Å². The highest BCUT2D eigenvalue weighted by Crippen LogP contribution is 2.27. The molecule has 1 fully saturated rings. The lowest BCUT2D eigenvalue weighted by atomic mass is 10.2. The lowest BCUT2D eigenvalue weighted by molar-refractivity contribution is -0.903. The normalized spacial score (nSPS) is 16.3. The van der Waals surface area contributed by atoms with Crippen molar-refractivity contribution >= 4 is 21.6 Å². The number of para-hydroxylation sites is 2. The Hall–Kier alpha value is -1.76. The van der Waals surface area contributed by atoms with Gasteiger partial charge in [-0.1, -0.05) is 28.1 Å². The standard InChI is InChI=1S/C20H25BrN2O3/c1-25-20-5-3-2-4-19(20)23-12-10-22(11-13-23)14-17(24)15-26-18-8-6-16(21)7-9-18/h2-9,17,24H,10-15H2,1H3/p+1/t17-/m0/s1. The molecule has 140 valence electrons. The smallest absolute Gasteiger partial charge is 0.142 e. The van der Waals surface area contributed by atoms with Gasteiger partial charge in [0, 0.05) is 4.47 Å². The Labute approximate surface area is 163 Å². The molecule has 0 radical (unpaired) electrons. The van der Waals surface area contributed by atoms with E-state index in [0.717, 1.165) is 47.8 Å². The molecule has 3 rings (SSSR count). The van der Waals surface area contributed by atoms with Crippen LogP contribution in [-0.4, -0.2) is 57.7 Å². The summed E-state index contributed by atoms with van der Waals surface area (Å²) in [4.78, 5) is 3.76. The topological polar surface area (TPSA) is 46.4 Å². The second kappa shape index (κ2) is 9.26. The predicted molar refractivity (Wildman–Crippen MR) is 106 cm³/mol. The van der Waals surface area contributed by atoms with Gasteiger partial charge in [-0.05, 0) is 36.4 Å². The lowest BCUT2D eigenvalue weighted by Crippen LogP contribution is -3.16. The fourth-order valence-electron chi connectivity index (χ4n) is 3.27. The lowest BCUT2D eigenvalue weighted by Gasteiger charge is -2.35. The highest BCUT2D eigenvalue weighted by molar-refractivity contribution is 9.10. The minimum atomic E-state index is -0.466. The van der Waals surface area contributed by atoms with Crippen LogP contribution in [0.15, 0.2) is 53.0 Å². The predicted octanol–water partition coefficient (Wildman–Crippen LogP) is 1.60. The first kappa shape index (κ1) is 19.0. The molecule has 2 aromatic carbocycles. The van der Waals surface area contributed by atoms with Crippen molar-refractivity contribution < 1.29 is 19.5 Å². The third kappa shape index (κ3) is 5.13. The average Bonchev–Trinajstić information content (AvgIpc) is 2.68. The maximum absolute atomic E-state index is 10.3. The quantitative estimate of drug-likeness (QED) is 0.712. The zero-order chi connectivity index (χ0) is 18.4. The molecule has 5 nitrogen and oxygen atoms in total. The van der Waals surface area contributed by atoms with E-state index in [4.69, 9.17) is 9.47 Å². The van der Waals surface area contributed by atoms with Crippen molar-refractivity contribution in [2.45, 2.75) is 6.10 Å². The zero-order valence-electron chi connectivity index (χ0n) is 15.0. The van der Waals surface area contributed by atoms with Crippen molar-refractivity contribution in [3.63, 3.8) is 0 Å². The second-order valence-electron chi connectivity index (χ2n) is 6.53. The van der Waals surface area contributed by atoms with Gasteiger partial charge in [0.15, 0.2) is 0 Å². The van der Waals surface area contributed by atoms with Gasteiger partial charge in [0.2, 0.25) is 0 Å². The molecule has 1 aliphatic heterocycles. The maximum atomic E-state index is 10.3. The van der Waals surface area contributed by atoms with E-state index in [1.54, 1.807) is 7.11 Å². The largest absolute Gasteiger partial charge is 0.495 e. The van der Waals surface area contributed by atoms with Gasteiger partial charge in [0.05, 0.1) is 39.0 Å². The SMILES string of the molecule is COc1ccccc1N1CC[NH+](C[C@H](O)COc2ccc(Br)cc2)CC1. The number of hydrogen-bond acceptors (Lipinski definition) is 4. The number of aliphatic hydroxyl groups is 1. The molecule has 26 heavy (non-hydrogen) atoms. The van der Waals surface area contributed by atoms with E-state index < -0.39 is 6.10 Å². The number of nitrogens with zero attached hydrogens (tertiary/aromatic N) is 1. The third-order valence-electron chi connectivity index (χ3n) is 4.68. The molecular weight excluding hydrogens is 396 g/mol. The van der Waals surface area contributed by atoms with Crippen LogP contribution in [0.4, 0.5) is 5.69 Å². The Morgan fingerprint density at radius 1 is 1.12 bits per heavy atom. The van der Waals surface area contributed by atoms with Gasteiger partial charge in [0.1, 0.15) is 30.8 Å². The van der Waals surface area contributed by atoms with Crippen LogP contribution in [-0.2, 0) is 0 Å². The number of hydrogen-bond donors (Lipinski definition) is 2. The van der Waals surface area contributed by atoms with Crippen LogP contribution in [0.1, 0.15) is 0 Å². The first-order chi connectivity index (χ1) is 12.7. The molecule has 6 heteroatoms. The third-order valence-corrected chi connectivity index (χ3v) is 5.21. The molecule has 0 aliphatic carbocycles. The molecule has 0 amide bonds. The summed E-state index contributed by atoms with van der Waals surface area (Å²) >= 11 is 3.40. The van der Waals surface area contributed by atoms with Crippen LogP contribution >= 0.6 is 15.9 Å². The second-order valence-corrected chi connectivity index (χ2v) is 7.45. The van der Waals surface area contributed by atoms with Crippen LogP contribution < -0.4 is 19.3 Å². The molecule has 1 saturated heterocycles. The number of benzene rings is 2. The van der Waals surface area contributed by atoms with Crippen LogP contribution in [0, 0.1) is 0 Å². The molecule has 0 unspecified atom stereocenters. The number of quaternary nitrogens is 1. The van der Waals surface area contributed by atoms with Crippen LogP contribution in [0.2, 0.25) is 0 Å². The molecule has 2 N–H and O–H groups in total. The van der Waals surface area contributed by atoms with E-state index in [1.165, 1.54) is 4.90 Å². The summed E-state index contributed by atoms with van der Waals surface area (Å²) in [5.41, 5.74) is 1.15. The van der Waals surface area contributed by atoms with E-state index in [0.29, 0.717) is 13.2 Å². The van der Waals surface area contributed by atoms with E-state index in [-0.39, 0.29) is 0 Å². The molecule has 1 heterocycles. The number of halogens is 1. The summed E-state index contributed by atoms with van der Waals surface area (Å²) in [5, 5.41) is 10.3. The minimum Gasteiger partial charge on any atom is -0.495 e. The Morgan fingerprint density at radius 3 is 2.50 bits per heavy atom. The van der Waals surface area contributed by atoms with Crippen molar-refractivity contribution in [3.8, 4) is 11.5 Å². The molecule has 0 spiro atoms. The van der Waals surface area contributed by atoms with Crippen molar-refractivity contribution in [2.75, 3.05) is 51.3 Å². The van der Waals surface area contributed by atoms with Crippen LogP contribution in [0.25, 0.3) is 0 Å². The van der Waals surface area contributed by atoms with Crippen molar-refractivity contribution in [1.82, 2.24) is 0 Å².